The number of aromatic nitrogens is 2. The number of benzene rings is 1. The van der Waals surface area contributed by atoms with E-state index >= 15 is 0 Å². The summed E-state index contributed by atoms with van der Waals surface area (Å²) in [4.78, 5) is 29.7. The number of ether oxygens (including phenoxy) is 2. The molecule has 162 valence electrons. The molecule has 7 nitrogen and oxygen atoms in total. The van der Waals surface area contributed by atoms with Crippen molar-refractivity contribution in [2.24, 2.45) is 0 Å². The number of cyclic esters (lactones) is 1. The predicted octanol–water partition coefficient (Wildman–Crippen LogP) is 3.50. The van der Waals surface area contributed by atoms with E-state index < -0.39 is 12.1 Å². The van der Waals surface area contributed by atoms with Crippen molar-refractivity contribution < 1.29 is 19.4 Å². The summed E-state index contributed by atoms with van der Waals surface area (Å²) in [5.41, 5.74) is 4.69. The van der Waals surface area contributed by atoms with Crippen LogP contribution in [0.2, 0.25) is 0 Å². The van der Waals surface area contributed by atoms with Gasteiger partial charge in [0, 0.05) is 16.5 Å². The van der Waals surface area contributed by atoms with E-state index in [0.717, 1.165) is 39.9 Å². The molecule has 1 N–H and O–H groups in total. The maximum atomic E-state index is 13.1. The first-order valence-electron chi connectivity index (χ1n) is 10.7. The molecular formula is C24H26N2O5. The molecule has 2 aliphatic heterocycles. The van der Waals surface area contributed by atoms with E-state index in [4.69, 9.17) is 14.5 Å². The normalized spacial score (nSPS) is 16.0. The smallest absolute Gasteiger partial charge is 0.340 e. The van der Waals surface area contributed by atoms with Crippen LogP contribution in [0.5, 0.6) is 5.75 Å². The summed E-state index contributed by atoms with van der Waals surface area (Å²) >= 11 is 0. The Balaban J connectivity index is 0.00000112. The lowest BCUT2D eigenvalue weighted by Crippen LogP contribution is -2.32. The van der Waals surface area contributed by atoms with Gasteiger partial charge in [0.15, 0.2) is 6.10 Å². The van der Waals surface area contributed by atoms with Crippen molar-refractivity contribution in [3.8, 4) is 17.1 Å². The van der Waals surface area contributed by atoms with E-state index in [2.05, 4.69) is 6.92 Å². The molecule has 4 heterocycles. The van der Waals surface area contributed by atoms with E-state index in [-0.39, 0.29) is 12.2 Å². The number of carbonyl (C=O) groups is 1. The number of aliphatic hydroxyl groups is 1. The molecule has 0 bridgehead atoms. The minimum Gasteiger partial charge on any atom is -0.494 e. The van der Waals surface area contributed by atoms with Crippen molar-refractivity contribution >= 4 is 16.9 Å². The van der Waals surface area contributed by atoms with Gasteiger partial charge in [0.25, 0.3) is 5.56 Å². The highest BCUT2D eigenvalue weighted by atomic mass is 16.5. The highest BCUT2D eigenvalue weighted by Gasteiger charge is 2.34. The number of hydrogen-bond acceptors (Lipinski definition) is 6. The van der Waals surface area contributed by atoms with Gasteiger partial charge >= 0.3 is 5.97 Å². The molecule has 5 rings (SSSR count). The highest BCUT2D eigenvalue weighted by Crippen LogP contribution is 2.38. The van der Waals surface area contributed by atoms with Gasteiger partial charge in [-0.15, -0.1) is 0 Å². The average Bonchev–Trinajstić information content (AvgIpc) is 3.15. The first-order chi connectivity index (χ1) is 15.0. The number of aryl methyl sites for hydroxylation is 1. The molecule has 3 aromatic rings. The molecule has 1 atom stereocenters. The number of carbonyl (C=O) groups excluding carboxylic acids is 1. The Labute approximate surface area is 180 Å². The summed E-state index contributed by atoms with van der Waals surface area (Å²) in [5.74, 6) is 0.0580. The molecule has 2 aliphatic rings. The summed E-state index contributed by atoms with van der Waals surface area (Å²) < 4.78 is 12.2. The predicted molar refractivity (Wildman–Crippen MR) is 117 cm³/mol. The second-order valence-corrected chi connectivity index (χ2v) is 7.25. The fourth-order valence-electron chi connectivity index (χ4n) is 4.35. The second kappa shape index (κ2) is 8.15. The van der Waals surface area contributed by atoms with Crippen molar-refractivity contribution in [3.05, 3.63) is 56.9 Å². The topological polar surface area (TPSA) is 90.7 Å². The van der Waals surface area contributed by atoms with Gasteiger partial charge in [-0.05, 0) is 43.2 Å². The monoisotopic (exact) mass is 422 g/mol. The van der Waals surface area contributed by atoms with Gasteiger partial charge in [0.05, 0.1) is 35.6 Å². The zero-order valence-electron chi connectivity index (χ0n) is 18.2. The fraction of sp³-hybridized carbons (Fsp3) is 0.375. The Hall–Kier alpha value is -3.19. The molecule has 31 heavy (non-hydrogen) atoms. The van der Waals surface area contributed by atoms with Gasteiger partial charge in [-0.25, -0.2) is 9.78 Å². The number of aliphatic hydroxyl groups excluding tert-OH is 1. The summed E-state index contributed by atoms with van der Waals surface area (Å²) in [5, 5.41) is 11.2. The van der Waals surface area contributed by atoms with Gasteiger partial charge in [0.1, 0.15) is 12.4 Å². The summed E-state index contributed by atoms with van der Waals surface area (Å²) in [6.07, 6.45) is -0.662. The SMILES string of the molecule is CC.CCOc1ccc2nc3c(c(CC)c2c1)Cn1c-3cc2c(c1=O)COC(=O)C2O. The lowest BCUT2D eigenvalue weighted by atomic mass is 9.97. The van der Waals surface area contributed by atoms with Crippen LogP contribution in [0.4, 0.5) is 0 Å². The van der Waals surface area contributed by atoms with Gasteiger partial charge in [-0.2, -0.15) is 0 Å². The number of fused-ring (bicyclic) bond motifs is 5. The van der Waals surface area contributed by atoms with Crippen molar-refractivity contribution in [3.63, 3.8) is 0 Å². The van der Waals surface area contributed by atoms with Crippen LogP contribution in [0.1, 0.15) is 56.1 Å². The molecule has 0 spiro atoms. The highest BCUT2D eigenvalue weighted by molar-refractivity contribution is 5.89. The Morgan fingerprint density at radius 3 is 2.68 bits per heavy atom. The molecule has 1 aromatic carbocycles. The van der Waals surface area contributed by atoms with E-state index in [0.29, 0.717) is 30.0 Å². The van der Waals surface area contributed by atoms with Gasteiger partial charge < -0.3 is 19.1 Å². The summed E-state index contributed by atoms with van der Waals surface area (Å²) in [7, 11) is 0. The zero-order valence-corrected chi connectivity index (χ0v) is 18.2. The van der Waals surface area contributed by atoms with Crippen LogP contribution in [0.3, 0.4) is 0 Å². The molecule has 0 fully saturated rings. The van der Waals surface area contributed by atoms with Crippen molar-refractivity contribution in [2.45, 2.75) is 53.4 Å². The lowest BCUT2D eigenvalue weighted by molar-refractivity contribution is -0.157. The lowest BCUT2D eigenvalue weighted by Gasteiger charge is -2.21. The van der Waals surface area contributed by atoms with Gasteiger partial charge in [0.2, 0.25) is 0 Å². The maximum Gasteiger partial charge on any atom is 0.340 e. The summed E-state index contributed by atoms with van der Waals surface area (Å²) in [6.45, 7) is 8.90. The average molecular weight is 422 g/mol. The molecule has 0 saturated heterocycles. The summed E-state index contributed by atoms with van der Waals surface area (Å²) in [6, 6.07) is 7.52. The molecule has 0 aliphatic carbocycles. The number of rotatable bonds is 3. The number of nitrogens with zero attached hydrogens (tertiary/aromatic N) is 2. The van der Waals surface area contributed by atoms with E-state index in [9.17, 15) is 14.7 Å². The zero-order chi connectivity index (χ0) is 22.3. The number of esters is 1. The van der Waals surface area contributed by atoms with Gasteiger partial charge in [-0.1, -0.05) is 20.8 Å². The van der Waals surface area contributed by atoms with Crippen molar-refractivity contribution in [2.75, 3.05) is 6.61 Å². The Morgan fingerprint density at radius 2 is 1.97 bits per heavy atom. The molecule has 1 unspecified atom stereocenters. The van der Waals surface area contributed by atoms with E-state index in [1.165, 1.54) is 0 Å². The van der Waals surface area contributed by atoms with Gasteiger partial charge in [-0.3, -0.25) is 4.79 Å². The standard InChI is InChI=1S/C22H20N2O5.C2H6/c1-3-12-13-7-11(28-4-2)5-6-17(13)23-19-15(12)9-24-18(19)8-14-16(21(24)26)10-29-22(27)20(14)25;1-2/h5-8,20,25H,3-4,9-10H2,1-2H3;1-2H3. The molecule has 0 amide bonds. The quantitative estimate of drug-likeness (QED) is 0.508. The molecule has 7 heteroatoms. The van der Waals surface area contributed by atoms with E-state index in [1.54, 1.807) is 10.6 Å². The Kier molecular flexibility index (Phi) is 5.54. The third kappa shape index (κ3) is 3.20. The minimum absolute atomic E-state index is 0.117. The van der Waals surface area contributed by atoms with Crippen LogP contribution in [-0.2, 0) is 29.1 Å². The largest absolute Gasteiger partial charge is 0.494 e. The molecular weight excluding hydrogens is 396 g/mol. The van der Waals surface area contributed by atoms with E-state index in [1.807, 2.05) is 39.0 Å². The third-order valence-corrected chi connectivity index (χ3v) is 5.71. The molecule has 2 aromatic heterocycles. The van der Waals surface area contributed by atoms with Crippen molar-refractivity contribution in [1.82, 2.24) is 9.55 Å². The maximum absolute atomic E-state index is 13.1. The number of pyridine rings is 2. The van der Waals surface area contributed by atoms with Crippen LogP contribution in [0.25, 0.3) is 22.3 Å². The molecule has 0 radical (unpaired) electrons. The minimum atomic E-state index is -1.44. The van der Waals surface area contributed by atoms with Crippen LogP contribution >= 0.6 is 0 Å². The Morgan fingerprint density at radius 1 is 1.19 bits per heavy atom. The van der Waals surface area contributed by atoms with Crippen LogP contribution in [-0.4, -0.2) is 27.2 Å². The third-order valence-electron chi connectivity index (χ3n) is 5.71. The van der Waals surface area contributed by atoms with Crippen LogP contribution in [0, 0.1) is 0 Å². The first-order valence-corrected chi connectivity index (χ1v) is 10.7. The van der Waals surface area contributed by atoms with Crippen LogP contribution in [0.15, 0.2) is 29.1 Å². The Bertz CT molecular complexity index is 1250. The first kappa shape index (κ1) is 21.1. The second-order valence-electron chi connectivity index (χ2n) is 7.25. The van der Waals surface area contributed by atoms with Crippen LogP contribution < -0.4 is 10.3 Å². The fourth-order valence-corrected chi connectivity index (χ4v) is 4.35. The number of hydrogen-bond donors (Lipinski definition) is 1. The van der Waals surface area contributed by atoms with Crippen molar-refractivity contribution in [1.29, 1.82) is 0 Å². The molecule has 0 saturated carbocycles.